The van der Waals surface area contributed by atoms with Crippen molar-refractivity contribution >= 4 is 11.7 Å². The number of hydrogen-bond acceptors (Lipinski definition) is 4. The molecule has 1 aromatic carbocycles. The summed E-state index contributed by atoms with van der Waals surface area (Å²) in [6.07, 6.45) is 0.673. The van der Waals surface area contributed by atoms with Gasteiger partial charge < -0.3 is 14.8 Å². The molecule has 0 saturated heterocycles. The zero-order valence-corrected chi connectivity index (χ0v) is 8.74. The molecule has 1 aromatic rings. The van der Waals surface area contributed by atoms with Crippen molar-refractivity contribution in [2.24, 2.45) is 0 Å². The fourth-order valence-electron chi connectivity index (χ4n) is 1.74. The zero-order valence-electron chi connectivity index (χ0n) is 8.74. The summed E-state index contributed by atoms with van der Waals surface area (Å²) < 4.78 is 9.79. The average Bonchev–Trinajstić information content (AvgIpc) is 2.70. The van der Waals surface area contributed by atoms with Crippen LogP contribution in [0.15, 0.2) is 18.2 Å². The number of ether oxygens (including phenoxy) is 2. The van der Waals surface area contributed by atoms with Crippen LogP contribution in [0.5, 0.6) is 5.75 Å². The van der Waals surface area contributed by atoms with Crippen LogP contribution in [0.1, 0.15) is 5.56 Å². The van der Waals surface area contributed by atoms with Gasteiger partial charge in [-0.25, -0.2) is 4.79 Å². The van der Waals surface area contributed by atoms with Gasteiger partial charge in [-0.3, -0.25) is 0 Å². The highest BCUT2D eigenvalue weighted by Crippen LogP contribution is 2.29. The fourth-order valence-corrected chi connectivity index (χ4v) is 1.74. The molecule has 1 aliphatic heterocycles. The number of benzene rings is 1. The number of hydrogen-bond donors (Lipinski definition) is 1. The predicted octanol–water partition coefficient (Wildman–Crippen LogP) is 1.20. The molecule has 0 unspecified atom stereocenters. The second-order valence-corrected chi connectivity index (χ2v) is 3.45. The molecule has 0 aliphatic carbocycles. The lowest BCUT2D eigenvalue weighted by Gasteiger charge is -2.07. The second-order valence-electron chi connectivity index (χ2n) is 3.45. The predicted molar refractivity (Wildman–Crippen MR) is 56.1 cm³/mol. The molecule has 2 rings (SSSR count). The van der Waals surface area contributed by atoms with E-state index in [1.54, 1.807) is 7.11 Å². The maximum absolute atomic E-state index is 11.3. The Bertz CT molecular complexity index is 389. The summed E-state index contributed by atoms with van der Waals surface area (Å²) in [5.74, 6) is 0.553. The molecule has 0 amide bonds. The van der Waals surface area contributed by atoms with Crippen LogP contribution in [0.4, 0.5) is 5.69 Å². The fraction of sp³-hybridized carbons (Fsp3) is 0.364. The monoisotopic (exact) mass is 207 g/mol. The summed E-state index contributed by atoms with van der Waals surface area (Å²) in [5, 5.41) is 3.11. The van der Waals surface area contributed by atoms with E-state index in [-0.39, 0.29) is 12.0 Å². The van der Waals surface area contributed by atoms with Gasteiger partial charge in [0.15, 0.2) is 0 Å². The van der Waals surface area contributed by atoms with Crippen LogP contribution in [-0.4, -0.2) is 26.2 Å². The minimum absolute atomic E-state index is 0.231. The summed E-state index contributed by atoms with van der Waals surface area (Å²) in [6.45, 7) is 0. The number of carbonyl (C=O) groups excluding carboxylic acids is 1. The van der Waals surface area contributed by atoms with E-state index in [4.69, 9.17) is 4.74 Å². The highest BCUT2D eigenvalue weighted by atomic mass is 16.5. The van der Waals surface area contributed by atoms with Crippen LogP contribution < -0.4 is 10.1 Å². The topological polar surface area (TPSA) is 47.6 Å². The first-order valence-corrected chi connectivity index (χ1v) is 4.76. The van der Waals surface area contributed by atoms with Crippen molar-refractivity contribution < 1.29 is 14.3 Å². The normalized spacial score (nSPS) is 17.9. The van der Waals surface area contributed by atoms with Gasteiger partial charge in [-0.1, -0.05) is 6.07 Å². The number of nitrogens with one attached hydrogen (secondary N) is 1. The molecule has 0 bridgehead atoms. The Morgan fingerprint density at radius 3 is 2.93 bits per heavy atom. The number of fused-ring (bicyclic) bond motifs is 1. The minimum atomic E-state index is -0.267. The number of esters is 1. The van der Waals surface area contributed by atoms with E-state index >= 15 is 0 Å². The van der Waals surface area contributed by atoms with Gasteiger partial charge in [-0.05, 0) is 11.6 Å². The zero-order chi connectivity index (χ0) is 10.8. The molecule has 1 atom stereocenters. The minimum Gasteiger partial charge on any atom is -0.497 e. The summed E-state index contributed by atoms with van der Waals surface area (Å²) in [5.41, 5.74) is 2.07. The molecule has 1 N–H and O–H groups in total. The molecule has 4 nitrogen and oxygen atoms in total. The molecule has 0 aromatic heterocycles. The first-order valence-electron chi connectivity index (χ1n) is 4.76. The summed E-state index contributed by atoms with van der Waals surface area (Å²) in [4.78, 5) is 11.3. The molecule has 80 valence electrons. The lowest BCUT2D eigenvalue weighted by Crippen LogP contribution is -2.27. The van der Waals surface area contributed by atoms with Crippen molar-refractivity contribution in [2.45, 2.75) is 12.5 Å². The van der Waals surface area contributed by atoms with Crippen LogP contribution in [0, 0.1) is 0 Å². The SMILES string of the molecule is COC(=O)[C@@H]1Cc2ccc(OC)cc2N1. The lowest BCUT2D eigenvalue weighted by molar-refractivity contribution is -0.141. The van der Waals surface area contributed by atoms with Crippen molar-refractivity contribution in [3.63, 3.8) is 0 Å². The molecular formula is C11H13NO3. The van der Waals surface area contributed by atoms with Gasteiger partial charge in [0.05, 0.1) is 14.2 Å². The van der Waals surface area contributed by atoms with Crippen molar-refractivity contribution in [3.05, 3.63) is 23.8 Å². The molecule has 15 heavy (non-hydrogen) atoms. The highest BCUT2D eigenvalue weighted by molar-refractivity contribution is 5.83. The Hall–Kier alpha value is -1.71. The standard InChI is InChI=1S/C11H13NO3/c1-14-8-4-3-7-5-10(11(13)15-2)12-9(7)6-8/h3-4,6,10,12H,5H2,1-2H3/t10-/m0/s1. The van der Waals surface area contributed by atoms with Gasteiger partial charge in [0.25, 0.3) is 0 Å². The van der Waals surface area contributed by atoms with Crippen LogP contribution >= 0.6 is 0 Å². The van der Waals surface area contributed by atoms with Crippen molar-refractivity contribution in [1.29, 1.82) is 0 Å². The van der Waals surface area contributed by atoms with Crippen molar-refractivity contribution in [2.75, 3.05) is 19.5 Å². The maximum atomic E-state index is 11.3. The van der Waals surface area contributed by atoms with Crippen LogP contribution in [0.25, 0.3) is 0 Å². The third-order valence-electron chi connectivity index (χ3n) is 2.56. The molecule has 0 saturated carbocycles. The third kappa shape index (κ3) is 1.75. The Morgan fingerprint density at radius 1 is 1.47 bits per heavy atom. The second kappa shape index (κ2) is 3.81. The third-order valence-corrected chi connectivity index (χ3v) is 2.56. The van der Waals surface area contributed by atoms with Crippen LogP contribution in [0.2, 0.25) is 0 Å². The Balaban J connectivity index is 2.20. The van der Waals surface area contributed by atoms with Gasteiger partial charge in [-0.15, -0.1) is 0 Å². The summed E-state index contributed by atoms with van der Waals surface area (Å²) in [6, 6.07) is 5.47. The molecule has 0 fully saturated rings. The van der Waals surface area contributed by atoms with E-state index in [1.165, 1.54) is 7.11 Å². The molecule has 0 spiro atoms. The van der Waals surface area contributed by atoms with E-state index in [0.29, 0.717) is 6.42 Å². The van der Waals surface area contributed by atoms with E-state index in [2.05, 4.69) is 10.1 Å². The van der Waals surface area contributed by atoms with E-state index < -0.39 is 0 Å². The Morgan fingerprint density at radius 2 is 2.27 bits per heavy atom. The smallest absolute Gasteiger partial charge is 0.328 e. The average molecular weight is 207 g/mol. The van der Waals surface area contributed by atoms with E-state index in [0.717, 1.165) is 17.0 Å². The molecule has 1 aliphatic rings. The highest BCUT2D eigenvalue weighted by Gasteiger charge is 2.27. The summed E-state index contributed by atoms with van der Waals surface area (Å²) in [7, 11) is 3.02. The van der Waals surface area contributed by atoms with Gasteiger partial charge in [0, 0.05) is 18.2 Å². The molecule has 4 heteroatoms. The van der Waals surface area contributed by atoms with E-state index in [1.807, 2.05) is 18.2 Å². The first-order chi connectivity index (χ1) is 7.24. The number of carbonyl (C=O) groups is 1. The summed E-state index contributed by atoms with van der Waals surface area (Å²) >= 11 is 0. The maximum Gasteiger partial charge on any atom is 0.328 e. The largest absolute Gasteiger partial charge is 0.497 e. The number of anilines is 1. The van der Waals surface area contributed by atoms with E-state index in [9.17, 15) is 4.79 Å². The van der Waals surface area contributed by atoms with Crippen LogP contribution in [-0.2, 0) is 16.0 Å². The van der Waals surface area contributed by atoms with Gasteiger partial charge in [0.1, 0.15) is 11.8 Å². The van der Waals surface area contributed by atoms with Crippen LogP contribution in [0.3, 0.4) is 0 Å². The lowest BCUT2D eigenvalue weighted by atomic mass is 10.1. The van der Waals surface area contributed by atoms with Gasteiger partial charge >= 0.3 is 5.97 Å². The molecular weight excluding hydrogens is 194 g/mol. The van der Waals surface area contributed by atoms with Crippen molar-refractivity contribution in [3.8, 4) is 5.75 Å². The van der Waals surface area contributed by atoms with Crippen molar-refractivity contribution in [1.82, 2.24) is 0 Å². The molecule has 0 radical (unpaired) electrons. The Labute approximate surface area is 88.2 Å². The van der Waals surface area contributed by atoms with Gasteiger partial charge in [0.2, 0.25) is 0 Å². The molecule has 1 heterocycles. The number of methoxy groups -OCH3 is 2. The number of rotatable bonds is 2. The Kier molecular flexibility index (Phi) is 2.49. The van der Waals surface area contributed by atoms with Gasteiger partial charge in [-0.2, -0.15) is 0 Å². The quantitative estimate of drug-likeness (QED) is 0.740. The first kappa shape index (κ1) is 9.83.